The summed E-state index contributed by atoms with van der Waals surface area (Å²) in [5.74, 6) is 0. The maximum atomic E-state index is 6.29. The van der Waals surface area contributed by atoms with Crippen LogP contribution in [-0.2, 0) is 12.8 Å². The molecule has 0 saturated carbocycles. The highest BCUT2D eigenvalue weighted by molar-refractivity contribution is 5.58. The van der Waals surface area contributed by atoms with E-state index < -0.39 is 0 Å². The topological polar surface area (TPSA) is 38.0 Å². The first-order chi connectivity index (χ1) is 10.3. The van der Waals surface area contributed by atoms with Gasteiger partial charge in [0.05, 0.1) is 6.04 Å². The summed E-state index contributed by atoms with van der Waals surface area (Å²) in [6.07, 6.45) is 6.06. The molecule has 0 aliphatic heterocycles. The third-order valence-corrected chi connectivity index (χ3v) is 4.99. The van der Waals surface area contributed by atoms with Crippen LogP contribution in [-0.4, -0.2) is 0 Å². The Kier molecular flexibility index (Phi) is 3.19. The predicted molar refractivity (Wildman–Crippen MR) is 87.4 cm³/mol. The highest BCUT2D eigenvalue weighted by Gasteiger charge is 2.28. The summed E-state index contributed by atoms with van der Waals surface area (Å²) in [6.45, 7) is 0. The van der Waals surface area contributed by atoms with E-state index in [0.29, 0.717) is 6.04 Å². The van der Waals surface area contributed by atoms with Crippen LogP contribution in [0.3, 0.4) is 0 Å². The zero-order valence-corrected chi connectivity index (χ0v) is 12.3. The third kappa shape index (κ3) is 2.24. The van der Waals surface area contributed by atoms with Crippen molar-refractivity contribution in [3.63, 3.8) is 0 Å². The maximum absolute atomic E-state index is 6.29. The monoisotopic (exact) mass is 278 g/mol. The van der Waals surface area contributed by atoms with Crippen molar-refractivity contribution in [2.24, 2.45) is 5.73 Å². The van der Waals surface area contributed by atoms with E-state index in [4.69, 9.17) is 5.73 Å². The average molecular weight is 278 g/mol. The van der Waals surface area contributed by atoms with Crippen LogP contribution in [0, 0.1) is 0 Å². The molecule has 2 unspecified atom stereocenters. The second-order valence-electron chi connectivity index (χ2n) is 6.32. The molecule has 2 aliphatic rings. The smallest absolute Gasteiger partial charge is 0.0535 e. The molecule has 2 heteroatoms. The Morgan fingerprint density at radius 3 is 2.62 bits per heavy atom. The number of anilines is 1. The molecule has 4 rings (SSSR count). The summed E-state index contributed by atoms with van der Waals surface area (Å²) >= 11 is 0. The van der Waals surface area contributed by atoms with Crippen LogP contribution in [0.5, 0.6) is 0 Å². The SMILES string of the molecule is NC1CC(Nc2cccc3c2CCCC3)c2ccccc21. The first-order valence-electron chi connectivity index (χ1n) is 8.04. The van der Waals surface area contributed by atoms with Crippen LogP contribution in [0.4, 0.5) is 5.69 Å². The molecule has 0 bridgehead atoms. The Balaban J connectivity index is 1.66. The fourth-order valence-corrected chi connectivity index (χ4v) is 3.91. The van der Waals surface area contributed by atoms with E-state index in [2.05, 4.69) is 47.8 Å². The van der Waals surface area contributed by atoms with Gasteiger partial charge in [0.2, 0.25) is 0 Å². The number of rotatable bonds is 2. The molecule has 3 N–H and O–H groups in total. The molecule has 0 aromatic heterocycles. The highest BCUT2D eigenvalue weighted by Crippen LogP contribution is 2.40. The van der Waals surface area contributed by atoms with Crippen molar-refractivity contribution < 1.29 is 0 Å². The summed E-state index contributed by atoms with van der Waals surface area (Å²) in [5, 5.41) is 3.78. The second-order valence-corrected chi connectivity index (χ2v) is 6.32. The van der Waals surface area contributed by atoms with Gasteiger partial charge < -0.3 is 11.1 Å². The molecule has 2 nitrogen and oxygen atoms in total. The van der Waals surface area contributed by atoms with Gasteiger partial charge in [-0.15, -0.1) is 0 Å². The van der Waals surface area contributed by atoms with Gasteiger partial charge in [0.25, 0.3) is 0 Å². The van der Waals surface area contributed by atoms with Crippen LogP contribution in [0.2, 0.25) is 0 Å². The summed E-state index contributed by atoms with van der Waals surface area (Å²) in [4.78, 5) is 0. The number of fused-ring (bicyclic) bond motifs is 2. The Bertz CT molecular complexity index is 662. The van der Waals surface area contributed by atoms with Crippen molar-refractivity contribution >= 4 is 5.69 Å². The molecular weight excluding hydrogens is 256 g/mol. The van der Waals surface area contributed by atoms with Gasteiger partial charge in [0.15, 0.2) is 0 Å². The Hall–Kier alpha value is -1.80. The number of benzene rings is 2. The minimum absolute atomic E-state index is 0.165. The van der Waals surface area contributed by atoms with Crippen molar-refractivity contribution in [3.05, 3.63) is 64.7 Å². The van der Waals surface area contributed by atoms with Gasteiger partial charge in [0, 0.05) is 11.7 Å². The Morgan fingerprint density at radius 2 is 1.71 bits per heavy atom. The number of hydrogen-bond acceptors (Lipinski definition) is 2. The average Bonchev–Trinajstić information content (AvgIpc) is 2.85. The first kappa shape index (κ1) is 12.9. The normalized spacial score (nSPS) is 23.5. The molecule has 0 radical (unpaired) electrons. The van der Waals surface area contributed by atoms with E-state index in [9.17, 15) is 0 Å². The van der Waals surface area contributed by atoms with E-state index in [1.807, 2.05) is 0 Å². The quantitative estimate of drug-likeness (QED) is 0.867. The summed E-state index contributed by atoms with van der Waals surface area (Å²) < 4.78 is 0. The summed E-state index contributed by atoms with van der Waals surface area (Å²) in [5.41, 5.74) is 13.3. The lowest BCUT2D eigenvalue weighted by Gasteiger charge is -2.23. The van der Waals surface area contributed by atoms with E-state index in [0.717, 1.165) is 6.42 Å². The van der Waals surface area contributed by atoms with Crippen molar-refractivity contribution in [2.75, 3.05) is 5.32 Å². The van der Waals surface area contributed by atoms with E-state index in [-0.39, 0.29) is 6.04 Å². The molecule has 0 spiro atoms. The van der Waals surface area contributed by atoms with Crippen LogP contribution in [0.15, 0.2) is 42.5 Å². The molecule has 0 saturated heterocycles. The minimum Gasteiger partial charge on any atom is -0.378 e. The van der Waals surface area contributed by atoms with E-state index in [1.54, 1.807) is 0 Å². The number of nitrogens with one attached hydrogen (secondary N) is 1. The van der Waals surface area contributed by atoms with Crippen LogP contribution in [0.25, 0.3) is 0 Å². The molecule has 2 atom stereocenters. The minimum atomic E-state index is 0.165. The zero-order chi connectivity index (χ0) is 14.2. The molecule has 0 fully saturated rings. The number of hydrogen-bond donors (Lipinski definition) is 2. The molecule has 108 valence electrons. The lowest BCUT2D eigenvalue weighted by atomic mass is 9.90. The largest absolute Gasteiger partial charge is 0.378 e. The molecule has 0 heterocycles. The summed E-state index contributed by atoms with van der Waals surface area (Å²) in [7, 11) is 0. The molecule has 21 heavy (non-hydrogen) atoms. The van der Waals surface area contributed by atoms with Crippen molar-refractivity contribution in [1.82, 2.24) is 0 Å². The van der Waals surface area contributed by atoms with E-state index in [1.165, 1.54) is 53.6 Å². The van der Waals surface area contributed by atoms with Gasteiger partial charge in [-0.3, -0.25) is 0 Å². The molecule has 2 aromatic carbocycles. The van der Waals surface area contributed by atoms with Gasteiger partial charge in [-0.1, -0.05) is 36.4 Å². The predicted octanol–water partition coefficient (Wildman–Crippen LogP) is 4.12. The fourth-order valence-electron chi connectivity index (χ4n) is 3.91. The van der Waals surface area contributed by atoms with Crippen LogP contribution in [0.1, 0.15) is 53.6 Å². The van der Waals surface area contributed by atoms with Crippen molar-refractivity contribution in [2.45, 2.75) is 44.2 Å². The van der Waals surface area contributed by atoms with Crippen LogP contribution >= 0.6 is 0 Å². The van der Waals surface area contributed by atoms with E-state index >= 15 is 0 Å². The van der Waals surface area contributed by atoms with Gasteiger partial charge in [-0.05, 0) is 60.4 Å². The lowest BCUT2D eigenvalue weighted by molar-refractivity contribution is 0.644. The van der Waals surface area contributed by atoms with Gasteiger partial charge in [-0.25, -0.2) is 0 Å². The molecular formula is C19H22N2. The van der Waals surface area contributed by atoms with Gasteiger partial charge in [-0.2, -0.15) is 0 Å². The zero-order valence-electron chi connectivity index (χ0n) is 12.3. The third-order valence-electron chi connectivity index (χ3n) is 4.99. The number of nitrogens with two attached hydrogens (primary N) is 1. The van der Waals surface area contributed by atoms with Crippen molar-refractivity contribution in [3.8, 4) is 0 Å². The summed E-state index contributed by atoms with van der Waals surface area (Å²) in [6, 6.07) is 15.8. The highest BCUT2D eigenvalue weighted by atomic mass is 14.9. The second kappa shape index (κ2) is 5.19. The molecule has 0 amide bonds. The maximum Gasteiger partial charge on any atom is 0.0535 e. The van der Waals surface area contributed by atoms with Gasteiger partial charge >= 0.3 is 0 Å². The number of aryl methyl sites for hydroxylation is 1. The lowest BCUT2D eigenvalue weighted by Crippen LogP contribution is -2.13. The fraction of sp³-hybridized carbons (Fsp3) is 0.368. The molecule has 2 aromatic rings. The van der Waals surface area contributed by atoms with Gasteiger partial charge in [0.1, 0.15) is 0 Å². The van der Waals surface area contributed by atoms with Crippen LogP contribution < -0.4 is 11.1 Å². The molecule has 2 aliphatic carbocycles. The first-order valence-corrected chi connectivity index (χ1v) is 8.04. The Morgan fingerprint density at radius 1 is 0.905 bits per heavy atom. The standard InChI is InChI=1S/C19H22N2/c20-17-12-19(16-10-4-3-9-15(16)17)21-18-11-5-7-13-6-1-2-8-14(13)18/h3-5,7,9-11,17,19,21H,1-2,6,8,12,20H2. The van der Waals surface area contributed by atoms with Crippen molar-refractivity contribution in [1.29, 1.82) is 0 Å². The Labute approximate surface area is 126 Å².